The number of para-hydroxylation sites is 2. The summed E-state index contributed by atoms with van der Waals surface area (Å²) in [5.41, 5.74) is 10.8. The molecular weight excluding hydrogens is 452 g/mol. The Balaban J connectivity index is 1.50. The van der Waals surface area contributed by atoms with Gasteiger partial charge in [0, 0.05) is 30.8 Å². The zero-order chi connectivity index (χ0) is 25.1. The molecule has 0 unspecified atom stereocenters. The summed E-state index contributed by atoms with van der Waals surface area (Å²) in [6.45, 7) is 8.26. The topological polar surface area (TPSA) is 89.8 Å². The number of ether oxygens (including phenoxy) is 2. The van der Waals surface area contributed by atoms with Gasteiger partial charge >= 0.3 is 0 Å². The lowest BCUT2D eigenvalue weighted by Gasteiger charge is -2.27. The molecule has 1 saturated heterocycles. The Bertz CT molecular complexity index is 1480. The van der Waals surface area contributed by atoms with Gasteiger partial charge in [-0.3, -0.25) is 9.88 Å². The molecule has 2 aromatic carbocycles. The van der Waals surface area contributed by atoms with Crippen LogP contribution in [0.3, 0.4) is 0 Å². The molecule has 0 saturated carbocycles. The van der Waals surface area contributed by atoms with Gasteiger partial charge in [0.15, 0.2) is 0 Å². The van der Waals surface area contributed by atoms with Crippen LogP contribution < -0.4 is 14.6 Å². The largest absolute Gasteiger partial charge is 0.496 e. The Hall–Kier alpha value is -3.93. The summed E-state index contributed by atoms with van der Waals surface area (Å²) >= 11 is 0. The second kappa shape index (κ2) is 10.4. The van der Waals surface area contributed by atoms with E-state index in [9.17, 15) is 5.26 Å². The number of methoxy groups -OCH3 is 1. The highest BCUT2D eigenvalue weighted by atomic mass is 16.5. The molecule has 3 heterocycles. The molecule has 4 aromatic rings. The van der Waals surface area contributed by atoms with Crippen molar-refractivity contribution in [1.29, 1.82) is 5.26 Å². The fourth-order valence-corrected chi connectivity index (χ4v) is 4.98. The molecule has 8 nitrogen and oxygen atoms in total. The molecule has 8 heteroatoms. The Morgan fingerprint density at radius 2 is 2.06 bits per heavy atom. The zero-order valence-corrected chi connectivity index (χ0v) is 21.0. The number of rotatable bonds is 7. The van der Waals surface area contributed by atoms with Crippen LogP contribution in [0.5, 0.6) is 5.75 Å². The Labute approximate surface area is 210 Å². The van der Waals surface area contributed by atoms with Gasteiger partial charge in [-0.1, -0.05) is 19.1 Å². The average Bonchev–Trinajstić information content (AvgIpc) is 3.29. The van der Waals surface area contributed by atoms with Crippen LogP contribution >= 0.6 is 0 Å². The van der Waals surface area contributed by atoms with Crippen molar-refractivity contribution in [3.05, 3.63) is 70.3 Å². The summed E-state index contributed by atoms with van der Waals surface area (Å²) in [6.07, 6.45) is 2.60. The van der Waals surface area contributed by atoms with E-state index in [-0.39, 0.29) is 0 Å². The molecule has 1 aliphatic heterocycles. The number of morpholine rings is 1. The summed E-state index contributed by atoms with van der Waals surface area (Å²) in [5, 5.41) is 14.5. The molecule has 36 heavy (non-hydrogen) atoms. The van der Waals surface area contributed by atoms with Crippen LogP contribution in [0.1, 0.15) is 34.7 Å². The molecule has 0 aliphatic carbocycles. The number of hydrazone groups is 1. The summed E-state index contributed by atoms with van der Waals surface area (Å²) in [7, 11) is 1.71. The number of H-pyrrole nitrogens is 1. The number of nitrogens with zero attached hydrogens (tertiary/aromatic N) is 4. The van der Waals surface area contributed by atoms with Crippen molar-refractivity contribution in [1.82, 2.24) is 9.88 Å². The number of benzene rings is 2. The lowest BCUT2D eigenvalue weighted by molar-refractivity contribution is -0.465. The number of nitrogens with one attached hydrogen (secondary N) is 2. The maximum Gasteiger partial charge on any atom is 0.253 e. The summed E-state index contributed by atoms with van der Waals surface area (Å²) in [4.78, 5) is 5.79. The predicted molar refractivity (Wildman–Crippen MR) is 141 cm³/mol. The first-order valence-corrected chi connectivity index (χ1v) is 12.3. The Morgan fingerprint density at radius 1 is 1.25 bits per heavy atom. The van der Waals surface area contributed by atoms with Crippen LogP contribution in [0.25, 0.3) is 16.7 Å². The Morgan fingerprint density at radius 3 is 2.81 bits per heavy atom. The van der Waals surface area contributed by atoms with Crippen molar-refractivity contribution in [3.8, 4) is 11.8 Å². The Kier molecular flexibility index (Phi) is 6.85. The monoisotopic (exact) mass is 483 g/mol. The van der Waals surface area contributed by atoms with Gasteiger partial charge < -0.3 is 9.47 Å². The maximum atomic E-state index is 9.91. The lowest BCUT2D eigenvalue weighted by Crippen LogP contribution is -2.35. The second-order valence-corrected chi connectivity index (χ2v) is 8.95. The van der Waals surface area contributed by atoms with E-state index in [1.165, 1.54) is 0 Å². The van der Waals surface area contributed by atoms with E-state index >= 15 is 0 Å². The molecule has 0 radical (unpaired) electrons. The van der Waals surface area contributed by atoms with Crippen molar-refractivity contribution < 1.29 is 13.9 Å². The number of nitriles is 1. The first-order chi connectivity index (χ1) is 17.6. The molecule has 2 aromatic heterocycles. The predicted octanol–water partition coefficient (Wildman–Crippen LogP) is 3.94. The van der Waals surface area contributed by atoms with Gasteiger partial charge in [-0.2, -0.15) is 15.1 Å². The van der Waals surface area contributed by atoms with Gasteiger partial charge in [-0.05, 0) is 54.8 Å². The van der Waals surface area contributed by atoms with Crippen LogP contribution in [0.15, 0.2) is 47.6 Å². The third-order valence-corrected chi connectivity index (χ3v) is 6.85. The van der Waals surface area contributed by atoms with Gasteiger partial charge in [0.25, 0.3) is 5.82 Å². The van der Waals surface area contributed by atoms with E-state index in [2.05, 4.69) is 43.9 Å². The van der Waals surface area contributed by atoms with Crippen molar-refractivity contribution in [2.24, 2.45) is 5.10 Å². The third-order valence-electron chi connectivity index (χ3n) is 6.85. The van der Waals surface area contributed by atoms with Crippen molar-refractivity contribution in [2.75, 3.05) is 38.8 Å². The minimum atomic E-state index is 0.653. The number of imidazole rings is 1. The number of hydrogen-bond acceptors (Lipinski definition) is 6. The van der Waals surface area contributed by atoms with Crippen molar-refractivity contribution in [3.63, 3.8) is 0 Å². The number of fused-ring (bicyclic) bond motifs is 3. The van der Waals surface area contributed by atoms with E-state index in [1.807, 2.05) is 49.5 Å². The van der Waals surface area contributed by atoms with E-state index in [0.29, 0.717) is 5.56 Å². The van der Waals surface area contributed by atoms with E-state index in [4.69, 9.17) is 9.47 Å². The molecule has 184 valence electrons. The molecule has 0 amide bonds. The first-order valence-electron chi connectivity index (χ1n) is 12.3. The highest BCUT2D eigenvalue weighted by molar-refractivity contribution is 5.81. The average molecular weight is 484 g/mol. The fourth-order valence-electron chi connectivity index (χ4n) is 4.98. The van der Waals surface area contributed by atoms with E-state index < -0.39 is 0 Å². The van der Waals surface area contributed by atoms with Crippen LogP contribution in [-0.4, -0.2) is 49.5 Å². The molecule has 0 bridgehead atoms. The molecule has 0 spiro atoms. The van der Waals surface area contributed by atoms with Crippen LogP contribution in [0.2, 0.25) is 0 Å². The van der Waals surface area contributed by atoms with Gasteiger partial charge in [0.05, 0.1) is 26.5 Å². The van der Waals surface area contributed by atoms with Crippen molar-refractivity contribution in [2.45, 2.75) is 26.8 Å². The van der Waals surface area contributed by atoms with Crippen molar-refractivity contribution >= 4 is 28.7 Å². The highest BCUT2D eigenvalue weighted by Crippen LogP contribution is 2.26. The SMILES string of the molecule is CCc1c(C)c(C#N)c2[nH]c3ccccc3[n+]2c1NN=Cc1ccc(OC)c(CN2CCOCC2)c1. The molecule has 1 aliphatic rings. The van der Waals surface area contributed by atoms with E-state index in [0.717, 1.165) is 89.8 Å². The maximum absolute atomic E-state index is 9.91. The molecule has 2 N–H and O–H groups in total. The van der Waals surface area contributed by atoms with Gasteiger partial charge in [-0.25, -0.2) is 0 Å². The van der Waals surface area contributed by atoms with E-state index in [1.54, 1.807) is 7.11 Å². The fraction of sp³-hybridized carbons (Fsp3) is 0.321. The van der Waals surface area contributed by atoms with Gasteiger partial charge in [0.2, 0.25) is 5.65 Å². The number of anilines is 1. The first kappa shape index (κ1) is 23.8. The van der Waals surface area contributed by atoms with Crippen LogP contribution in [0.4, 0.5) is 5.82 Å². The molecule has 0 atom stereocenters. The number of aromatic amines is 1. The van der Waals surface area contributed by atoms with Crippen LogP contribution in [0, 0.1) is 18.3 Å². The lowest BCUT2D eigenvalue weighted by atomic mass is 10.0. The summed E-state index contributed by atoms with van der Waals surface area (Å²) in [5.74, 6) is 1.73. The molecular formula is C28H31N6O2+. The number of aromatic nitrogens is 2. The summed E-state index contributed by atoms with van der Waals surface area (Å²) in [6, 6.07) is 16.6. The smallest absolute Gasteiger partial charge is 0.253 e. The standard InChI is InChI=1S/C28H30N6O2/c1-4-22-19(2)23(16-29)27-31-24-7-5-6-8-25(24)34(27)28(22)32-30-17-20-9-10-26(35-3)21(15-20)18-33-11-13-36-14-12-33/h5-10,15,17H,4,11-14,18H2,1-3H3,(H,31,32)/p+1. The minimum Gasteiger partial charge on any atom is -0.496 e. The van der Waals surface area contributed by atoms with Gasteiger partial charge in [0.1, 0.15) is 28.4 Å². The summed E-state index contributed by atoms with van der Waals surface area (Å²) < 4.78 is 13.2. The molecule has 5 rings (SSSR count). The molecule has 1 fully saturated rings. The zero-order valence-electron chi connectivity index (χ0n) is 21.0. The number of pyridine rings is 1. The van der Waals surface area contributed by atoms with Crippen LogP contribution in [-0.2, 0) is 17.7 Å². The normalized spacial score (nSPS) is 14.5. The second-order valence-electron chi connectivity index (χ2n) is 8.95. The number of hydrogen-bond donors (Lipinski definition) is 2. The minimum absolute atomic E-state index is 0.653. The third kappa shape index (κ3) is 4.39. The quantitative estimate of drug-likeness (QED) is 0.236. The highest BCUT2D eigenvalue weighted by Gasteiger charge is 2.24. The van der Waals surface area contributed by atoms with Gasteiger partial charge in [-0.15, -0.1) is 5.10 Å².